The Kier molecular flexibility index (Phi) is 8.03. The first-order valence-electron chi connectivity index (χ1n) is 13.8. The van der Waals surface area contributed by atoms with Gasteiger partial charge in [0, 0.05) is 56.1 Å². The van der Waals surface area contributed by atoms with Gasteiger partial charge in [-0.1, -0.05) is 6.08 Å². The fraction of sp³-hybridized carbons (Fsp3) is 0.483. The third-order valence-corrected chi connectivity index (χ3v) is 8.18. The van der Waals surface area contributed by atoms with Crippen LogP contribution in [-0.2, 0) is 15.7 Å². The Morgan fingerprint density at radius 3 is 2.42 bits per heavy atom. The Morgan fingerprint density at radius 1 is 1.14 bits per heavy atom. The van der Waals surface area contributed by atoms with Gasteiger partial charge < -0.3 is 29.6 Å². The van der Waals surface area contributed by atoms with Crippen LogP contribution in [0.15, 0.2) is 35.3 Å². The van der Waals surface area contributed by atoms with Gasteiger partial charge in [0.1, 0.15) is 5.82 Å². The number of ether oxygens (including phenoxy) is 2. The number of nitrogens with zero attached hydrogens (tertiary/aromatic N) is 3. The molecule has 2 atom stereocenters. The molecule has 4 heterocycles. The average molecular weight is 608 g/mol. The van der Waals surface area contributed by atoms with Crippen LogP contribution >= 0.6 is 0 Å². The van der Waals surface area contributed by atoms with E-state index >= 15 is 4.39 Å². The molecule has 3 aliphatic rings. The molecule has 0 aliphatic carbocycles. The van der Waals surface area contributed by atoms with Crippen LogP contribution in [0.5, 0.6) is 0 Å². The van der Waals surface area contributed by atoms with Crippen LogP contribution in [-0.4, -0.2) is 90.9 Å². The monoisotopic (exact) mass is 607 g/mol. The van der Waals surface area contributed by atoms with Crippen LogP contribution in [0, 0.1) is 5.82 Å². The summed E-state index contributed by atoms with van der Waals surface area (Å²) in [7, 11) is 1.97. The number of likely N-dealkylation sites (N-methyl/N-ethyl adjacent to an activating group) is 1. The quantitative estimate of drug-likeness (QED) is 0.496. The number of aromatic nitrogens is 1. The fourth-order valence-corrected chi connectivity index (χ4v) is 5.47. The van der Waals surface area contributed by atoms with Crippen molar-refractivity contribution in [2.24, 2.45) is 0 Å². The fourth-order valence-electron chi connectivity index (χ4n) is 5.47. The summed E-state index contributed by atoms with van der Waals surface area (Å²) in [4.78, 5) is 45.2. The van der Waals surface area contributed by atoms with Crippen molar-refractivity contribution in [1.82, 2.24) is 14.8 Å². The van der Waals surface area contributed by atoms with E-state index in [-0.39, 0.29) is 49.6 Å². The Labute approximate surface area is 245 Å². The summed E-state index contributed by atoms with van der Waals surface area (Å²) >= 11 is 0. The third-order valence-electron chi connectivity index (χ3n) is 8.18. The lowest BCUT2D eigenvalue weighted by Gasteiger charge is -2.44. The molecule has 1 aromatic heterocycles. The normalized spacial score (nSPS) is 22.2. The molecule has 2 N–H and O–H groups in total. The van der Waals surface area contributed by atoms with Gasteiger partial charge in [0.15, 0.2) is 5.60 Å². The second-order valence-electron chi connectivity index (χ2n) is 11.6. The Hall–Kier alpha value is -3.91. The van der Waals surface area contributed by atoms with Gasteiger partial charge in [-0.2, -0.15) is 13.2 Å². The van der Waals surface area contributed by atoms with Gasteiger partial charge in [-0.05, 0) is 45.5 Å². The van der Waals surface area contributed by atoms with Crippen molar-refractivity contribution in [3.05, 3.63) is 63.3 Å². The molecule has 1 aromatic carbocycles. The van der Waals surface area contributed by atoms with E-state index in [0.29, 0.717) is 36.6 Å². The van der Waals surface area contributed by atoms with Gasteiger partial charge in [-0.25, -0.2) is 9.18 Å². The largest absolute Gasteiger partial charge is 0.438 e. The summed E-state index contributed by atoms with van der Waals surface area (Å²) in [5.74, 6) is -1.74. The van der Waals surface area contributed by atoms with E-state index in [9.17, 15) is 27.6 Å². The van der Waals surface area contributed by atoms with E-state index in [1.807, 2.05) is 25.8 Å². The van der Waals surface area contributed by atoms with Gasteiger partial charge in [0.25, 0.3) is 5.91 Å². The van der Waals surface area contributed by atoms with Crippen LogP contribution < -0.4 is 15.8 Å². The smallest absolute Gasteiger partial charge is 0.417 e. The molecule has 0 radical (unpaired) electrons. The summed E-state index contributed by atoms with van der Waals surface area (Å²) in [5.41, 5.74) is -2.99. The zero-order chi connectivity index (χ0) is 31.3. The maximum absolute atomic E-state index is 15.8. The minimum absolute atomic E-state index is 0.0279. The van der Waals surface area contributed by atoms with Crippen LogP contribution in [0.4, 0.5) is 33.7 Å². The first-order valence-corrected chi connectivity index (χ1v) is 13.8. The van der Waals surface area contributed by atoms with Gasteiger partial charge in [0.05, 0.1) is 35.7 Å². The predicted octanol–water partition coefficient (Wildman–Crippen LogP) is 3.94. The number of carbonyl (C=O) groups is 2. The van der Waals surface area contributed by atoms with E-state index in [1.165, 1.54) is 17.0 Å². The highest BCUT2D eigenvalue weighted by Crippen LogP contribution is 2.37. The molecular formula is C29H33F4N5O5. The van der Waals surface area contributed by atoms with Crippen molar-refractivity contribution >= 4 is 28.9 Å². The van der Waals surface area contributed by atoms with E-state index in [2.05, 4.69) is 15.2 Å². The number of H-pyrrole nitrogens is 1. The van der Waals surface area contributed by atoms with Crippen molar-refractivity contribution in [1.29, 1.82) is 0 Å². The van der Waals surface area contributed by atoms with Gasteiger partial charge in [-0.3, -0.25) is 14.5 Å². The second-order valence-corrected chi connectivity index (χ2v) is 11.6. The van der Waals surface area contributed by atoms with Crippen molar-refractivity contribution in [3.63, 3.8) is 0 Å². The van der Waals surface area contributed by atoms with Crippen molar-refractivity contribution in [3.8, 4) is 0 Å². The number of pyridine rings is 1. The standard InChI is InChI=1S/C29H33F4N5O5/c1-16-11-38(12-17(2)36(16)4)24-9-22(30)19(18-5-6-37(13-18)27(41)43-28(3)14-42-15-28)7-23(24)35-26(40)20-10-34-25(39)8-21(20)29(31,32)33/h5,7-10,16-17H,6,11-15H2,1-4H3,(H,34,39)(H,35,40)/t16-,17+. The third kappa shape index (κ3) is 6.25. The number of hydrogen-bond donors (Lipinski definition) is 2. The number of halogens is 4. The maximum Gasteiger partial charge on any atom is 0.417 e. The molecule has 43 heavy (non-hydrogen) atoms. The van der Waals surface area contributed by atoms with E-state index < -0.39 is 46.3 Å². The Bertz CT molecular complexity index is 1510. The first kappa shape index (κ1) is 30.5. The summed E-state index contributed by atoms with van der Waals surface area (Å²) in [6, 6.07) is 3.07. The zero-order valence-corrected chi connectivity index (χ0v) is 24.2. The topological polar surface area (TPSA) is 107 Å². The van der Waals surface area contributed by atoms with Crippen molar-refractivity contribution in [2.45, 2.75) is 44.6 Å². The van der Waals surface area contributed by atoms with Crippen molar-refractivity contribution < 1.29 is 36.6 Å². The Morgan fingerprint density at radius 2 is 1.81 bits per heavy atom. The number of anilines is 2. The van der Waals surface area contributed by atoms with Crippen LogP contribution in [0.1, 0.15) is 42.3 Å². The Balaban J connectivity index is 1.48. The van der Waals surface area contributed by atoms with Gasteiger partial charge >= 0.3 is 12.3 Å². The molecule has 2 aromatic rings. The summed E-state index contributed by atoms with van der Waals surface area (Å²) in [6.07, 6.45) is -3.17. The van der Waals surface area contributed by atoms with Crippen molar-refractivity contribution in [2.75, 3.05) is 56.7 Å². The number of rotatable bonds is 5. The summed E-state index contributed by atoms with van der Waals surface area (Å²) in [5, 5.41) is 2.54. The zero-order valence-electron chi connectivity index (χ0n) is 24.2. The lowest BCUT2D eigenvalue weighted by molar-refractivity contribution is -0.171. The molecule has 2 fully saturated rings. The molecule has 5 rings (SSSR count). The number of aromatic amines is 1. The minimum atomic E-state index is -4.96. The molecule has 10 nitrogen and oxygen atoms in total. The lowest BCUT2D eigenvalue weighted by Crippen LogP contribution is -2.55. The summed E-state index contributed by atoms with van der Waals surface area (Å²) < 4.78 is 67.6. The molecule has 2 amide bonds. The number of carbonyl (C=O) groups excluding carboxylic acids is 2. The van der Waals surface area contributed by atoms with Gasteiger partial charge in [-0.15, -0.1) is 0 Å². The van der Waals surface area contributed by atoms with Crippen LogP contribution in [0.3, 0.4) is 0 Å². The second kappa shape index (κ2) is 11.3. The van der Waals surface area contributed by atoms with Crippen LogP contribution in [0.25, 0.3) is 5.57 Å². The molecule has 0 saturated carbocycles. The predicted molar refractivity (Wildman–Crippen MR) is 151 cm³/mol. The molecular weight excluding hydrogens is 574 g/mol. The number of alkyl halides is 3. The molecule has 0 bridgehead atoms. The highest BCUT2D eigenvalue weighted by atomic mass is 19.4. The maximum atomic E-state index is 15.8. The highest BCUT2D eigenvalue weighted by molar-refractivity contribution is 6.07. The molecule has 3 aliphatic heterocycles. The molecule has 232 valence electrons. The molecule has 0 spiro atoms. The van der Waals surface area contributed by atoms with Crippen LogP contribution in [0.2, 0.25) is 0 Å². The SMILES string of the molecule is C[C@@H]1CN(c2cc(F)c(C3=CCN(C(=O)OC4(C)COC4)C3)cc2NC(=O)c2c[nH]c(=O)cc2C(F)(F)F)C[C@H](C)N1C. The van der Waals surface area contributed by atoms with E-state index in [4.69, 9.17) is 9.47 Å². The average Bonchev–Trinajstić information content (AvgIpc) is 3.41. The lowest BCUT2D eigenvalue weighted by atomic mass is 10.0. The number of nitrogens with one attached hydrogen (secondary N) is 2. The van der Waals surface area contributed by atoms with E-state index in [0.717, 1.165) is 0 Å². The first-order chi connectivity index (χ1) is 20.1. The molecule has 2 saturated heterocycles. The molecule has 0 unspecified atom stereocenters. The van der Waals surface area contributed by atoms with Gasteiger partial charge in [0.2, 0.25) is 5.56 Å². The minimum Gasteiger partial charge on any atom is -0.438 e. The number of amides is 2. The highest BCUT2D eigenvalue weighted by Gasteiger charge is 2.40. The molecule has 14 heteroatoms. The van der Waals surface area contributed by atoms with E-state index in [1.54, 1.807) is 13.0 Å². The number of hydrogen-bond acceptors (Lipinski definition) is 7. The summed E-state index contributed by atoms with van der Waals surface area (Å²) in [6.45, 7) is 7.43. The number of benzene rings is 1. The number of piperazine rings is 1.